The number of carbonyl (C=O) groups is 1. The number of sulfonamides is 1. The number of fused-ring (bicyclic) bond motifs is 1. The van der Waals surface area contributed by atoms with E-state index in [1.807, 2.05) is 0 Å². The summed E-state index contributed by atoms with van der Waals surface area (Å²) in [5.41, 5.74) is 0. The van der Waals surface area contributed by atoms with Crippen LogP contribution in [-0.4, -0.2) is 35.9 Å². The molecule has 1 saturated heterocycles. The Morgan fingerprint density at radius 3 is 2.73 bits per heavy atom. The smallest absolute Gasteiger partial charge is 0.322 e. The van der Waals surface area contributed by atoms with Crippen molar-refractivity contribution in [3.05, 3.63) is 17.9 Å². The van der Waals surface area contributed by atoms with Gasteiger partial charge in [0.1, 0.15) is 12.1 Å². The standard InChI is InChI=1S/C14H16N2O5S/c15-8-10-5-6-13(21-10)22(19,20)16-11-4-2-1-3-9(11)7-12(16)14(17)18/h5-6,9,11-12H,1-4,7H2,(H,17,18). The predicted octanol–water partition coefficient (Wildman–Crippen LogP) is 1.56. The summed E-state index contributed by atoms with van der Waals surface area (Å²) in [5.74, 6) is -1.16. The van der Waals surface area contributed by atoms with Crippen LogP contribution in [0.1, 0.15) is 37.9 Å². The molecule has 3 atom stereocenters. The maximum atomic E-state index is 12.8. The fraction of sp³-hybridized carbons (Fsp3) is 0.571. The Balaban J connectivity index is 2.02. The molecule has 1 saturated carbocycles. The predicted molar refractivity (Wildman–Crippen MR) is 74.2 cm³/mol. The highest BCUT2D eigenvalue weighted by molar-refractivity contribution is 7.89. The lowest BCUT2D eigenvalue weighted by molar-refractivity contribution is -0.141. The molecular formula is C14H16N2O5S. The molecule has 1 N–H and O–H groups in total. The van der Waals surface area contributed by atoms with Gasteiger partial charge in [0.25, 0.3) is 10.0 Å². The van der Waals surface area contributed by atoms with Crippen molar-refractivity contribution in [3.63, 3.8) is 0 Å². The zero-order valence-electron chi connectivity index (χ0n) is 11.8. The van der Waals surface area contributed by atoms with Crippen molar-refractivity contribution in [2.45, 2.75) is 49.3 Å². The fourth-order valence-electron chi connectivity index (χ4n) is 3.60. The second kappa shape index (κ2) is 5.41. The number of nitriles is 1. The van der Waals surface area contributed by atoms with Crippen LogP contribution in [0.2, 0.25) is 0 Å². The van der Waals surface area contributed by atoms with Gasteiger partial charge in [-0.2, -0.15) is 9.57 Å². The van der Waals surface area contributed by atoms with Crippen molar-refractivity contribution in [1.29, 1.82) is 5.26 Å². The minimum absolute atomic E-state index is 0.0787. The van der Waals surface area contributed by atoms with Gasteiger partial charge in [-0.05, 0) is 37.3 Å². The molecule has 2 fully saturated rings. The minimum atomic E-state index is -4.06. The number of rotatable bonds is 3. The van der Waals surface area contributed by atoms with Crippen LogP contribution in [0.4, 0.5) is 0 Å². The summed E-state index contributed by atoms with van der Waals surface area (Å²) >= 11 is 0. The van der Waals surface area contributed by atoms with Crippen LogP contribution >= 0.6 is 0 Å². The average molecular weight is 324 g/mol. The fourth-order valence-corrected chi connectivity index (χ4v) is 5.39. The maximum absolute atomic E-state index is 12.8. The van der Waals surface area contributed by atoms with E-state index in [2.05, 4.69) is 0 Å². The SMILES string of the molecule is N#Cc1ccc(S(=O)(=O)N2C(C(=O)O)CC3CCCCC32)o1. The molecule has 0 bridgehead atoms. The largest absolute Gasteiger partial charge is 0.480 e. The van der Waals surface area contributed by atoms with Crippen molar-refractivity contribution in [2.75, 3.05) is 0 Å². The van der Waals surface area contributed by atoms with Crippen molar-refractivity contribution < 1.29 is 22.7 Å². The van der Waals surface area contributed by atoms with Gasteiger partial charge in [0.15, 0.2) is 0 Å². The Hall–Kier alpha value is -1.85. The Bertz CT molecular complexity index is 733. The number of carboxylic acid groups (broad SMARTS) is 1. The monoisotopic (exact) mass is 324 g/mol. The van der Waals surface area contributed by atoms with E-state index in [1.54, 1.807) is 6.07 Å². The number of aliphatic carboxylic acids is 1. The first-order valence-electron chi connectivity index (χ1n) is 7.21. The molecular weight excluding hydrogens is 308 g/mol. The number of hydrogen-bond donors (Lipinski definition) is 1. The zero-order chi connectivity index (χ0) is 15.9. The lowest BCUT2D eigenvalue weighted by atomic mass is 9.85. The van der Waals surface area contributed by atoms with E-state index in [0.717, 1.165) is 23.6 Å². The van der Waals surface area contributed by atoms with Gasteiger partial charge in [0.2, 0.25) is 10.9 Å². The van der Waals surface area contributed by atoms with E-state index in [9.17, 15) is 18.3 Å². The molecule has 1 aromatic heterocycles. The summed E-state index contributed by atoms with van der Waals surface area (Å²) in [6.07, 6.45) is 3.74. The molecule has 2 aliphatic rings. The third-order valence-electron chi connectivity index (χ3n) is 4.54. The molecule has 2 heterocycles. The Kier molecular flexibility index (Phi) is 3.70. The van der Waals surface area contributed by atoms with Gasteiger partial charge in [-0.3, -0.25) is 4.79 Å². The van der Waals surface area contributed by atoms with E-state index >= 15 is 0 Å². The molecule has 7 nitrogen and oxygen atoms in total. The average Bonchev–Trinajstić information content (AvgIpc) is 3.12. The molecule has 8 heteroatoms. The molecule has 3 rings (SSSR count). The molecule has 22 heavy (non-hydrogen) atoms. The van der Waals surface area contributed by atoms with E-state index in [1.165, 1.54) is 12.1 Å². The summed E-state index contributed by atoms with van der Waals surface area (Å²) < 4.78 is 31.7. The Morgan fingerprint density at radius 2 is 2.09 bits per heavy atom. The summed E-state index contributed by atoms with van der Waals surface area (Å²) in [6, 6.07) is 2.86. The van der Waals surface area contributed by atoms with Crippen LogP contribution in [0.3, 0.4) is 0 Å². The van der Waals surface area contributed by atoms with Crippen molar-refractivity contribution in [3.8, 4) is 6.07 Å². The lowest BCUT2D eigenvalue weighted by Gasteiger charge is -2.31. The maximum Gasteiger partial charge on any atom is 0.322 e. The molecule has 1 aliphatic heterocycles. The van der Waals surface area contributed by atoms with E-state index in [0.29, 0.717) is 12.8 Å². The third kappa shape index (κ3) is 2.30. The van der Waals surface area contributed by atoms with Crippen LogP contribution in [0.5, 0.6) is 0 Å². The molecule has 3 unspecified atom stereocenters. The molecule has 1 aromatic rings. The van der Waals surface area contributed by atoms with E-state index < -0.39 is 22.0 Å². The molecule has 0 radical (unpaired) electrons. The van der Waals surface area contributed by atoms with Crippen molar-refractivity contribution in [1.82, 2.24) is 4.31 Å². The molecule has 118 valence electrons. The molecule has 0 spiro atoms. The summed E-state index contributed by atoms with van der Waals surface area (Å²) in [5, 5.41) is 17.8. The second-order valence-corrected chi connectivity index (χ2v) is 7.54. The van der Waals surface area contributed by atoms with Crippen LogP contribution in [0.25, 0.3) is 0 Å². The van der Waals surface area contributed by atoms with Crippen molar-refractivity contribution in [2.24, 2.45) is 5.92 Å². The number of furan rings is 1. The lowest BCUT2D eigenvalue weighted by Crippen LogP contribution is -2.45. The Labute approximate surface area is 128 Å². The first-order chi connectivity index (χ1) is 10.4. The van der Waals surface area contributed by atoms with Gasteiger partial charge in [-0.1, -0.05) is 12.8 Å². The summed E-state index contributed by atoms with van der Waals surface area (Å²) in [7, 11) is -4.06. The van der Waals surface area contributed by atoms with E-state index in [-0.39, 0.29) is 22.8 Å². The highest BCUT2D eigenvalue weighted by atomic mass is 32.2. The zero-order valence-corrected chi connectivity index (χ0v) is 12.6. The Morgan fingerprint density at radius 1 is 1.36 bits per heavy atom. The highest BCUT2D eigenvalue weighted by Crippen LogP contribution is 2.42. The topological polar surface area (TPSA) is 112 Å². The van der Waals surface area contributed by atoms with Crippen molar-refractivity contribution >= 4 is 16.0 Å². The quantitative estimate of drug-likeness (QED) is 0.903. The van der Waals surface area contributed by atoms with Crippen LogP contribution in [0, 0.1) is 17.2 Å². The first kappa shape index (κ1) is 15.1. The molecule has 0 aromatic carbocycles. The van der Waals surface area contributed by atoms with E-state index in [4.69, 9.17) is 9.68 Å². The second-order valence-electron chi connectivity index (χ2n) is 5.77. The van der Waals surface area contributed by atoms with Gasteiger partial charge < -0.3 is 9.52 Å². The normalized spacial score (nSPS) is 29.0. The number of carboxylic acids is 1. The molecule has 0 amide bonds. The van der Waals surface area contributed by atoms with Gasteiger partial charge in [0.05, 0.1) is 0 Å². The molecule has 1 aliphatic carbocycles. The third-order valence-corrected chi connectivity index (χ3v) is 6.35. The number of nitrogens with zero attached hydrogens (tertiary/aromatic N) is 2. The number of hydrogen-bond acceptors (Lipinski definition) is 5. The van der Waals surface area contributed by atoms with Crippen LogP contribution in [0.15, 0.2) is 21.6 Å². The summed E-state index contributed by atoms with van der Waals surface area (Å²) in [6.45, 7) is 0. The highest BCUT2D eigenvalue weighted by Gasteiger charge is 2.51. The van der Waals surface area contributed by atoms with Gasteiger partial charge >= 0.3 is 5.97 Å². The van der Waals surface area contributed by atoms with Crippen LogP contribution in [-0.2, 0) is 14.8 Å². The van der Waals surface area contributed by atoms with Gasteiger partial charge in [-0.25, -0.2) is 8.42 Å². The summed E-state index contributed by atoms with van der Waals surface area (Å²) in [4.78, 5) is 11.5. The van der Waals surface area contributed by atoms with Crippen LogP contribution < -0.4 is 0 Å². The first-order valence-corrected chi connectivity index (χ1v) is 8.65. The van der Waals surface area contributed by atoms with Gasteiger partial charge in [0, 0.05) is 6.04 Å². The minimum Gasteiger partial charge on any atom is -0.480 e. The van der Waals surface area contributed by atoms with Gasteiger partial charge in [-0.15, -0.1) is 0 Å².